The van der Waals surface area contributed by atoms with E-state index in [9.17, 15) is 0 Å². The first kappa shape index (κ1) is 17.9. The Morgan fingerprint density at radius 2 is 1.11 bits per heavy atom. The number of hydroxylamine groups is 1. The Kier molecular flexibility index (Phi) is 16.8. The average Bonchev–Trinajstić information content (AvgIpc) is 2.39. The van der Waals surface area contributed by atoms with Crippen molar-refractivity contribution in [3.8, 4) is 0 Å². The van der Waals surface area contributed by atoms with Crippen LogP contribution in [0, 0.1) is 0 Å². The Morgan fingerprint density at radius 3 is 1.61 bits per heavy atom. The molecule has 0 fully saturated rings. The maximum absolute atomic E-state index is 5.22. The van der Waals surface area contributed by atoms with Crippen molar-refractivity contribution < 1.29 is 4.84 Å². The number of nitrogens with one attached hydrogen (secondary N) is 1. The number of hydrogen-bond acceptors (Lipinski definition) is 2. The molecule has 0 aliphatic rings. The van der Waals surface area contributed by atoms with Crippen LogP contribution in [-0.4, -0.2) is 13.2 Å². The van der Waals surface area contributed by atoms with E-state index in [2.05, 4.69) is 19.3 Å². The van der Waals surface area contributed by atoms with E-state index in [1.807, 2.05) is 0 Å². The van der Waals surface area contributed by atoms with Gasteiger partial charge in [0.05, 0.1) is 6.61 Å². The van der Waals surface area contributed by atoms with Crippen LogP contribution in [0.5, 0.6) is 0 Å². The SMILES string of the molecule is CCCCCCCCCCCCCNOCCC. The van der Waals surface area contributed by atoms with Crippen molar-refractivity contribution in [2.45, 2.75) is 90.9 Å². The highest BCUT2D eigenvalue weighted by Crippen LogP contribution is 2.10. The van der Waals surface area contributed by atoms with Crippen LogP contribution in [0.2, 0.25) is 0 Å². The first-order valence-corrected chi connectivity index (χ1v) is 8.26. The lowest BCUT2D eigenvalue weighted by Crippen LogP contribution is -2.16. The second-order valence-electron chi connectivity index (χ2n) is 5.28. The molecule has 0 saturated heterocycles. The van der Waals surface area contributed by atoms with Gasteiger partial charge in [-0.25, -0.2) is 5.48 Å². The van der Waals surface area contributed by atoms with Crippen LogP contribution in [0.25, 0.3) is 0 Å². The number of unbranched alkanes of at least 4 members (excludes halogenated alkanes) is 10. The van der Waals surface area contributed by atoms with Gasteiger partial charge in [-0.3, -0.25) is 0 Å². The lowest BCUT2D eigenvalue weighted by molar-refractivity contribution is 0.0407. The molecule has 0 rings (SSSR count). The van der Waals surface area contributed by atoms with Crippen LogP contribution in [0.4, 0.5) is 0 Å². The minimum atomic E-state index is 0.831. The van der Waals surface area contributed by atoms with Crippen LogP contribution < -0.4 is 5.48 Å². The maximum Gasteiger partial charge on any atom is 0.0679 e. The molecule has 0 amide bonds. The van der Waals surface area contributed by atoms with Gasteiger partial charge in [-0.05, 0) is 12.8 Å². The first-order valence-electron chi connectivity index (χ1n) is 8.26. The molecule has 0 heterocycles. The predicted molar refractivity (Wildman–Crippen MR) is 80.7 cm³/mol. The molecular formula is C16H35NO. The molecule has 1 N–H and O–H groups in total. The quantitative estimate of drug-likeness (QED) is 0.320. The second-order valence-corrected chi connectivity index (χ2v) is 5.28. The molecule has 0 unspecified atom stereocenters. The van der Waals surface area contributed by atoms with Crippen LogP contribution >= 0.6 is 0 Å². The molecule has 0 bridgehead atoms. The highest BCUT2D eigenvalue weighted by molar-refractivity contribution is 4.48. The summed E-state index contributed by atoms with van der Waals surface area (Å²) in [6.07, 6.45) is 16.5. The second kappa shape index (κ2) is 16.9. The summed E-state index contributed by atoms with van der Waals surface area (Å²) in [4.78, 5) is 5.22. The topological polar surface area (TPSA) is 21.3 Å². The minimum Gasteiger partial charge on any atom is -0.302 e. The van der Waals surface area contributed by atoms with Crippen molar-refractivity contribution in [3.05, 3.63) is 0 Å². The van der Waals surface area contributed by atoms with Crippen LogP contribution in [-0.2, 0) is 4.84 Å². The van der Waals surface area contributed by atoms with E-state index in [4.69, 9.17) is 4.84 Å². The van der Waals surface area contributed by atoms with Crippen molar-refractivity contribution in [3.63, 3.8) is 0 Å². The van der Waals surface area contributed by atoms with E-state index in [-0.39, 0.29) is 0 Å². The lowest BCUT2D eigenvalue weighted by Gasteiger charge is -2.04. The summed E-state index contributed by atoms with van der Waals surface area (Å²) >= 11 is 0. The third-order valence-electron chi connectivity index (χ3n) is 3.29. The van der Waals surface area contributed by atoms with Crippen LogP contribution in [0.15, 0.2) is 0 Å². The summed E-state index contributed by atoms with van der Waals surface area (Å²) in [6.45, 7) is 6.25. The summed E-state index contributed by atoms with van der Waals surface area (Å²) in [5.74, 6) is 0. The van der Waals surface area contributed by atoms with Gasteiger partial charge in [0.1, 0.15) is 0 Å². The number of hydrogen-bond donors (Lipinski definition) is 1. The zero-order valence-electron chi connectivity index (χ0n) is 12.8. The van der Waals surface area contributed by atoms with Gasteiger partial charge < -0.3 is 4.84 Å². The van der Waals surface area contributed by atoms with Gasteiger partial charge in [0.2, 0.25) is 0 Å². The maximum atomic E-state index is 5.22. The summed E-state index contributed by atoms with van der Waals surface area (Å²) in [7, 11) is 0. The van der Waals surface area contributed by atoms with Gasteiger partial charge in [-0.2, -0.15) is 0 Å². The largest absolute Gasteiger partial charge is 0.302 e. The highest BCUT2D eigenvalue weighted by atomic mass is 16.6. The van der Waals surface area contributed by atoms with Crippen molar-refractivity contribution in [1.29, 1.82) is 0 Å². The molecule has 0 aromatic heterocycles. The Hall–Kier alpha value is -0.0800. The summed E-state index contributed by atoms with van der Waals surface area (Å²) < 4.78 is 0. The van der Waals surface area contributed by atoms with Crippen LogP contribution in [0.1, 0.15) is 90.9 Å². The fraction of sp³-hybridized carbons (Fsp3) is 1.00. The van der Waals surface area contributed by atoms with Gasteiger partial charge in [-0.1, -0.05) is 78.1 Å². The number of rotatable bonds is 15. The van der Waals surface area contributed by atoms with Gasteiger partial charge in [0, 0.05) is 6.54 Å². The zero-order valence-corrected chi connectivity index (χ0v) is 12.8. The van der Waals surface area contributed by atoms with Crippen molar-refractivity contribution >= 4 is 0 Å². The molecule has 0 spiro atoms. The third-order valence-corrected chi connectivity index (χ3v) is 3.29. The Bertz CT molecular complexity index is 123. The average molecular weight is 257 g/mol. The van der Waals surface area contributed by atoms with E-state index in [0.717, 1.165) is 19.6 Å². The van der Waals surface area contributed by atoms with E-state index in [1.165, 1.54) is 70.6 Å². The molecule has 2 heteroatoms. The normalized spacial score (nSPS) is 11.0. The molecule has 0 saturated carbocycles. The van der Waals surface area contributed by atoms with Crippen LogP contribution in [0.3, 0.4) is 0 Å². The molecule has 0 atom stereocenters. The highest BCUT2D eigenvalue weighted by Gasteiger charge is 1.93. The zero-order chi connectivity index (χ0) is 13.3. The predicted octanol–water partition coefficient (Wildman–Crippen LogP) is 5.23. The fourth-order valence-electron chi connectivity index (χ4n) is 2.11. The van der Waals surface area contributed by atoms with E-state index < -0.39 is 0 Å². The van der Waals surface area contributed by atoms with Gasteiger partial charge >= 0.3 is 0 Å². The van der Waals surface area contributed by atoms with Gasteiger partial charge in [-0.15, -0.1) is 0 Å². The smallest absolute Gasteiger partial charge is 0.0679 e. The molecular weight excluding hydrogens is 222 g/mol. The van der Waals surface area contributed by atoms with E-state index in [1.54, 1.807) is 0 Å². The van der Waals surface area contributed by atoms with E-state index in [0.29, 0.717) is 0 Å². The lowest BCUT2D eigenvalue weighted by atomic mass is 10.1. The van der Waals surface area contributed by atoms with Gasteiger partial charge in [0.25, 0.3) is 0 Å². The summed E-state index contributed by atoms with van der Waals surface area (Å²) in [5, 5.41) is 0. The minimum absolute atomic E-state index is 0.831. The monoisotopic (exact) mass is 257 g/mol. The molecule has 110 valence electrons. The van der Waals surface area contributed by atoms with E-state index >= 15 is 0 Å². The first-order chi connectivity index (χ1) is 8.91. The summed E-state index contributed by atoms with van der Waals surface area (Å²) in [5.41, 5.74) is 3.02. The molecule has 0 aliphatic heterocycles. The fourth-order valence-corrected chi connectivity index (χ4v) is 2.11. The molecule has 2 nitrogen and oxygen atoms in total. The Morgan fingerprint density at radius 1 is 0.611 bits per heavy atom. The molecule has 0 radical (unpaired) electrons. The summed E-state index contributed by atoms with van der Waals surface area (Å²) in [6, 6.07) is 0. The Balaban J connectivity index is 2.86. The van der Waals surface area contributed by atoms with Crippen molar-refractivity contribution in [2.75, 3.05) is 13.2 Å². The third kappa shape index (κ3) is 15.9. The van der Waals surface area contributed by atoms with Gasteiger partial charge in [0.15, 0.2) is 0 Å². The standard InChI is InChI=1S/C16H35NO/c1-3-5-6-7-8-9-10-11-12-13-14-15-17-18-16-4-2/h17H,3-16H2,1-2H3. The molecule has 18 heavy (non-hydrogen) atoms. The van der Waals surface area contributed by atoms with Crippen molar-refractivity contribution in [2.24, 2.45) is 0 Å². The van der Waals surface area contributed by atoms with Crippen molar-refractivity contribution in [1.82, 2.24) is 5.48 Å². The molecule has 0 aromatic rings. The molecule has 0 aromatic carbocycles. The Labute approximate surface area is 115 Å². The molecule has 0 aliphatic carbocycles.